The van der Waals surface area contributed by atoms with Crippen LogP contribution in [0.15, 0.2) is 58.8 Å². The van der Waals surface area contributed by atoms with E-state index in [4.69, 9.17) is 4.74 Å². The second-order valence-electron chi connectivity index (χ2n) is 8.65. The van der Waals surface area contributed by atoms with Crippen molar-refractivity contribution in [3.8, 4) is 17.0 Å². The second-order valence-corrected chi connectivity index (χ2v) is 11.4. The topological polar surface area (TPSA) is 88.6 Å². The smallest absolute Gasteiger partial charge is 0.266 e. The lowest BCUT2D eigenvalue weighted by Crippen LogP contribution is -2.30. The Hall–Kier alpha value is -2.75. The van der Waals surface area contributed by atoms with Crippen LogP contribution in [-0.2, 0) is 14.8 Å². The van der Waals surface area contributed by atoms with Crippen LogP contribution in [0, 0.1) is 0 Å². The van der Waals surface area contributed by atoms with E-state index >= 15 is 0 Å². The molecule has 0 radical (unpaired) electrons. The summed E-state index contributed by atoms with van der Waals surface area (Å²) in [6, 6.07) is 14.5. The lowest BCUT2D eigenvalue weighted by atomic mass is 10.0. The van der Waals surface area contributed by atoms with E-state index in [1.807, 2.05) is 29.6 Å². The molecule has 1 aliphatic heterocycles. The number of aromatic nitrogens is 1. The molecule has 2 aromatic carbocycles. The first kappa shape index (κ1) is 24.4. The summed E-state index contributed by atoms with van der Waals surface area (Å²) in [5, 5.41) is 5.08. The third-order valence-corrected chi connectivity index (χ3v) is 8.49. The molecule has 180 valence electrons. The molecule has 0 bridgehead atoms. The number of sulfonamides is 1. The standard InChI is InChI=1S/C25H29N3O4S2/c1-17(2)19-6-10-21(11-7-19)32-18(3)24(29)27-25-26-23(16-33-25)20-8-12-22(13-9-20)34(30,31)28-14-4-5-15-28/h6-13,16-18H,4-5,14-15H2,1-3H3,(H,26,27,29). The van der Waals surface area contributed by atoms with Gasteiger partial charge in [0.25, 0.3) is 5.91 Å². The Bertz CT molecular complexity index is 1230. The average Bonchev–Trinajstić information content (AvgIpc) is 3.52. The van der Waals surface area contributed by atoms with Crippen LogP contribution in [-0.4, -0.2) is 42.8 Å². The predicted molar refractivity (Wildman–Crippen MR) is 135 cm³/mol. The Morgan fingerprint density at radius 2 is 1.68 bits per heavy atom. The van der Waals surface area contributed by atoms with E-state index in [9.17, 15) is 13.2 Å². The summed E-state index contributed by atoms with van der Waals surface area (Å²) in [7, 11) is -3.45. The summed E-state index contributed by atoms with van der Waals surface area (Å²) in [5.74, 6) is 0.774. The number of anilines is 1. The number of carbonyl (C=O) groups excluding carboxylic acids is 1. The monoisotopic (exact) mass is 499 g/mol. The van der Waals surface area contributed by atoms with Crippen molar-refractivity contribution in [1.82, 2.24) is 9.29 Å². The molecule has 1 unspecified atom stereocenters. The van der Waals surface area contributed by atoms with Gasteiger partial charge in [0.1, 0.15) is 5.75 Å². The van der Waals surface area contributed by atoms with Crippen LogP contribution in [0.2, 0.25) is 0 Å². The number of thiazole rings is 1. The summed E-state index contributed by atoms with van der Waals surface area (Å²) in [6.07, 6.45) is 1.12. The molecular formula is C25H29N3O4S2. The second kappa shape index (κ2) is 10.2. The maximum Gasteiger partial charge on any atom is 0.266 e. The molecule has 1 aliphatic rings. The summed E-state index contributed by atoms with van der Waals surface area (Å²) in [4.78, 5) is 17.3. The average molecular weight is 500 g/mol. The van der Waals surface area contributed by atoms with Gasteiger partial charge < -0.3 is 4.74 Å². The molecule has 0 spiro atoms. The lowest BCUT2D eigenvalue weighted by molar-refractivity contribution is -0.122. The molecule has 1 atom stereocenters. The first-order valence-corrected chi connectivity index (χ1v) is 13.7. The van der Waals surface area contributed by atoms with Crippen LogP contribution < -0.4 is 10.1 Å². The largest absolute Gasteiger partial charge is 0.481 e. The number of rotatable bonds is 8. The van der Waals surface area contributed by atoms with Gasteiger partial charge in [-0.1, -0.05) is 38.1 Å². The van der Waals surface area contributed by atoms with Crippen molar-refractivity contribution in [1.29, 1.82) is 0 Å². The Balaban J connectivity index is 1.37. The number of nitrogens with one attached hydrogen (secondary N) is 1. The summed E-state index contributed by atoms with van der Waals surface area (Å²) in [5.41, 5.74) is 2.66. The van der Waals surface area contributed by atoms with Crippen LogP contribution in [0.5, 0.6) is 5.75 Å². The molecule has 4 rings (SSSR count). The zero-order valence-corrected chi connectivity index (χ0v) is 21.2. The van der Waals surface area contributed by atoms with Crippen molar-refractivity contribution in [2.75, 3.05) is 18.4 Å². The number of hydrogen-bond donors (Lipinski definition) is 1. The molecule has 34 heavy (non-hydrogen) atoms. The molecule has 9 heteroatoms. The van der Waals surface area contributed by atoms with E-state index in [2.05, 4.69) is 24.1 Å². The first-order chi connectivity index (χ1) is 16.2. The third-order valence-electron chi connectivity index (χ3n) is 5.82. The van der Waals surface area contributed by atoms with E-state index in [1.54, 1.807) is 31.2 Å². The maximum absolute atomic E-state index is 12.7. The first-order valence-electron chi connectivity index (χ1n) is 11.4. The molecule has 1 aromatic heterocycles. The highest BCUT2D eigenvalue weighted by atomic mass is 32.2. The van der Waals surface area contributed by atoms with Crippen molar-refractivity contribution in [2.24, 2.45) is 0 Å². The number of benzene rings is 2. The van der Waals surface area contributed by atoms with Crippen molar-refractivity contribution in [2.45, 2.75) is 50.5 Å². The van der Waals surface area contributed by atoms with Gasteiger partial charge in [-0.15, -0.1) is 11.3 Å². The van der Waals surface area contributed by atoms with Crippen LogP contribution >= 0.6 is 11.3 Å². The van der Waals surface area contributed by atoms with Gasteiger partial charge in [0.05, 0.1) is 10.6 Å². The zero-order valence-electron chi connectivity index (χ0n) is 19.5. The Labute approximate surface area is 204 Å². The van der Waals surface area contributed by atoms with Gasteiger partial charge in [-0.2, -0.15) is 4.31 Å². The molecule has 1 fully saturated rings. The number of ether oxygens (including phenoxy) is 1. The third kappa shape index (κ3) is 5.48. The van der Waals surface area contributed by atoms with Crippen LogP contribution in [0.25, 0.3) is 11.3 Å². The minimum Gasteiger partial charge on any atom is -0.481 e. The van der Waals surface area contributed by atoms with Crippen molar-refractivity contribution in [3.63, 3.8) is 0 Å². The van der Waals surface area contributed by atoms with E-state index in [0.29, 0.717) is 35.6 Å². The Morgan fingerprint density at radius 3 is 2.29 bits per heavy atom. The molecule has 0 aliphatic carbocycles. The van der Waals surface area contributed by atoms with Gasteiger partial charge in [0.2, 0.25) is 10.0 Å². The van der Waals surface area contributed by atoms with Gasteiger partial charge >= 0.3 is 0 Å². The molecule has 7 nitrogen and oxygen atoms in total. The molecule has 1 saturated heterocycles. The Morgan fingerprint density at radius 1 is 1.03 bits per heavy atom. The van der Waals surface area contributed by atoms with Crippen molar-refractivity contribution >= 4 is 32.4 Å². The minimum atomic E-state index is -3.45. The highest BCUT2D eigenvalue weighted by Gasteiger charge is 2.27. The molecule has 3 aromatic rings. The van der Waals surface area contributed by atoms with E-state index in [-0.39, 0.29) is 10.8 Å². The molecule has 2 heterocycles. The van der Waals surface area contributed by atoms with Gasteiger partial charge in [-0.25, -0.2) is 13.4 Å². The van der Waals surface area contributed by atoms with Crippen molar-refractivity contribution < 1.29 is 17.9 Å². The zero-order chi connectivity index (χ0) is 24.3. The quantitative estimate of drug-likeness (QED) is 0.464. The highest BCUT2D eigenvalue weighted by Crippen LogP contribution is 2.28. The summed E-state index contributed by atoms with van der Waals surface area (Å²) >= 11 is 1.31. The summed E-state index contributed by atoms with van der Waals surface area (Å²) in [6.45, 7) is 7.09. The highest BCUT2D eigenvalue weighted by molar-refractivity contribution is 7.89. The molecule has 0 saturated carbocycles. The normalized spacial score (nSPS) is 15.4. The fourth-order valence-corrected chi connectivity index (χ4v) is 5.97. The molecule has 1 amide bonds. The molecule has 1 N–H and O–H groups in total. The van der Waals surface area contributed by atoms with Gasteiger partial charge in [0, 0.05) is 24.0 Å². The SMILES string of the molecule is CC(Oc1ccc(C(C)C)cc1)C(=O)Nc1nc(-c2ccc(S(=O)(=O)N3CCCC3)cc2)cs1. The fraction of sp³-hybridized carbons (Fsp3) is 0.360. The van der Waals surface area contributed by atoms with Crippen LogP contribution in [0.1, 0.15) is 45.1 Å². The number of hydrogen-bond acceptors (Lipinski definition) is 6. The van der Waals surface area contributed by atoms with Gasteiger partial charge in [-0.3, -0.25) is 10.1 Å². The van der Waals surface area contributed by atoms with E-state index in [0.717, 1.165) is 18.4 Å². The fourth-order valence-electron chi connectivity index (χ4n) is 3.73. The maximum atomic E-state index is 12.7. The number of nitrogens with zero attached hydrogens (tertiary/aromatic N) is 2. The predicted octanol–water partition coefficient (Wildman–Crippen LogP) is 5.12. The van der Waals surface area contributed by atoms with E-state index < -0.39 is 16.1 Å². The van der Waals surface area contributed by atoms with Gasteiger partial charge in [-0.05, 0) is 55.5 Å². The van der Waals surface area contributed by atoms with Gasteiger partial charge in [0.15, 0.2) is 11.2 Å². The lowest BCUT2D eigenvalue weighted by Gasteiger charge is -2.15. The number of carbonyl (C=O) groups is 1. The minimum absolute atomic E-state index is 0.286. The number of amides is 1. The summed E-state index contributed by atoms with van der Waals surface area (Å²) < 4.78 is 32.7. The van der Waals surface area contributed by atoms with Crippen LogP contribution in [0.3, 0.4) is 0 Å². The van der Waals surface area contributed by atoms with Crippen molar-refractivity contribution in [3.05, 3.63) is 59.5 Å². The van der Waals surface area contributed by atoms with Crippen LogP contribution in [0.4, 0.5) is 5.13 Å². The molecular weight excluding hydrogens is 470 g/mol. The Kier molecular flexibility index (Phi) is 7.35. The van der Waals surface area contributed by atoms with E-state index in [1.165, 1.54) is 21.2 Å².